The predicted molar refractivity (Wildman–Crippen MR) is 221 cm³/mol. The Morgan fingerprint density at radius 1 is 1.22 bits per heavy atom. The second-order valence-electron chi connectivity index (χ2n) is 15.1. The molecular weight excluding hydrogens is 771 g/mol. The van der Waals surface area contributed by atoms with Crippen molar-refractivity contribution < 1.29 is 23.9 Å². The minimum atomic E-state index is -1.55. The van der Waals surface area contributed by atoms with E-state index >= 15 is 0 Å². The van der Waals surface area contributed by atoms with Crippen molar-refractivity contribution in [2.75, 3.05) is 33.4 Å². The number of urea groups is 1. The highest BCUT2D eigenvalue weighted by Gasteiger charge is 2.43. The number of hydrogen-bond acceptors (Lipinski definition) is 10. The Morgan fingerprint density at radius 2 is 2.02 bits per heavy atom. The van der Waals surface area contributed by atoms with Gasteiger partial charge < -0.3 is 24.3 Å². The SMILES string of the molecule is CCn1c(-c2cccnc2[C@H](C=S)OC)c2c3cc(ccc31)-c1csc(n1)C[C@]([Si])(NC(=O)N1CCC1)C(=O)N1CCC[C@@H](C(=O)OCC(C)(C)C2)C(=S)N1. The van der Waals surface area contributed by atoms with Crippen molar-refractivity contribution >= 4 is 85.2 Å². The number of hydrazine groups is 1. The van der Waals surface area contributed by atoms with Gasteiger partial charge >= 0.3 is 12.0 Å². The van der Waals surface area contributed by atoms with Crippen LogP contribution in [0.3, 0.4) is 0 Å². The molecule has 0 saturated carbocycles. The maximum Gasteiger partial charge on any atom is 0.318 e. The number of pyridine rings is 1. The number of ether oxygens (including phenoxy) is 2. The van der Waals surface area contributed by atoms with E-state index in [9.17, 15) is 14.4 Å². The maximum absolute atomic E-state index is 14.4. The summed E-state index contributed by atoms with van der Waals surface area (Å²) in [5.74, 6) is -1.63. The summed E-state index contributed by atoms with van der Waals surface area (Å²) in [6.07, 6.45) is 3.68. The number of methoxy groups -OCH3 is 1. The number of cyclic esters (lactones) is 1. The Labute approximate surface area is 338 Å². The second kappa shape index (κ2) is 15.8. The van der Waals surface area contributed by atoms with Gasteiger partial charge in [0.15, 0.2) is 0 Å². The molecule has 12 nitrogen and oxygen atoms in total. The number of nitrogens with one attached hydrogen (secondary N) is 2. The fourth-order valence-electron chi connectivity index (χ4n) is 7.54. The number of thiazole rings is 1. The van der Waals surface area contributed by atoms with Gasteiger partial charge in [0.05, 0.1) is 38.9 Å². The van der Waals surface area contributed by atoms with Crippen LogP contribution in [0.25, 0.3) is 33.4 Å². The van der Waals surface area contributed by atoms with Crippen LogP contribution in [-0.4, -0.2) is 101 Å². The van der Waals surface area contributed by atoms with Crippen molar-refractivity contribution in [3.63, 3.8) is 0 Å². The first-order chi connectivity index (χ1) is 26.4. The molecule has 2 saturated heterocycles. The van der Waals surface area contributed by atoms with Gasteiger partial charge in [0.1, 0.15) is 22.2 Å². The molecule has 7 rings (SSSR count). The van der Waals surface area contributed by atoms with Gasteiger partial charge in [-0.05, 0) is 62.4 Å². The standard InChI is InChI=1S/C39H44N7O5S3Si/c1-5-45-29-12-11-23-17-26(29)27(33(45)24-9-6-13-40-32(24)30(20-52)50-4)18-38(2,3)22-51-35(47)25-10-7-16-46(43-34(25)53)36(48)39(55,19-31-41-28(23)21-54-31)42-37(49)44-14-8-15-44/h6,9,11-13,17,20-21,25,30H,5,7-8,10,14-16,18-19,22H2,1-4H3,(H,42,49)(H,43,53)/t25-,30+,39-/m1/s1. The first kappa shape index (κ1) is 39.2. The summed E-state index contributed by atoms with van der Waals surface area (Å²) >= 11 is 12.5. The van der Waals surface area contributed by atoms with E-state index in [1.165, 1.54) is 16.3 Å². The van der Waals surface area contributed by atoms with Crippen LogP contribution in [0.1, 0.15) is 62.4 Å². The zero-order chi connectivity index (χ0) is 39.1. The van der Waals surface area contributed by atoms with E-state index in [2.05, 4.69) is 70.6 Å². The lowest BCUT2D eigenvalue weighted by Crippen LogP contribution is -2.66. The molecule has 3 aromatic heterocycles. The third-order valence-corrected chi connectivity index (χ3v) is 12.5. The second-order valence-corrected chi connectivity index (χ2v) is 17.6. The third-order valence-electron chi connectivity index (χ3n) is 10.5. The number of hydrogen-bond donors (Lipinski definition) is 2. The summed E-state index contributed by atoms with van der Waals surface area (Å²) in [5.41, 5.74) is 8.90. The summed E-state index contributed by atoms with van der Waals surface area (Å²) in [7, 11) is 5.37. The van der Waals surface area contributed by atoms with Crippen LogP contribution in [0, 0.1) is 11.3 Å². The number of rotatable bonds is 6. The van der Waals surface area contributed by atoms with E-state index in [4.69, 9.17) is 43.9 Å². The van der Waals surface area contributed by atoms with Gasteiger partial charge in [0.2, 0.25) is 0 Å². The van der Waals surface area contributed by atoms with Crippen LogP contribution in [0.2, 0.25) is 0 Å². The molecule has 6 heterocycles. The molecule has 3 aliphatic rings. The lowest BCUT2D eigenvalue weighted by atomic mass is 9.84. The van der Waals surface area contributed by atoms with E-state index in [1.54, 1.807) is 23.6 Å². The molecule has 3 atom stereocenters. The number of likely N-dealkylation sites (tertiary alicyclic amines) is 1. The maximum atomic E-state index is 14.4. The highest BCUT2D eigenvalue weighted by molar-refractivity contribution is 7.80. The molecule has 2 fully saturated rings. The molecule has 55 heavy (non-hydrogen) atoms. The van der Waals surface area contributed by atoms with Crippen molar-refractivity contribution in [2.24, 2.45) is 11.3 Å². The minimum Gasteiger partial charge on any atom is -0.465 e. The fraction of sp³-hybridized carbons (Fsp3) is 0.462. The van der Waals surface area contributed by atoms with Crippen LogP contribution in [0.4, 0.5) is 4.79 Å². The Bertz CT molecular complexity index is 2170. The number of amides is 3. The predicted octanol–water partition coefficient (Wildman–Crippen LogP) is 5.55. The quantitative estimate of drug-likeness (QED) is 0.145. The van der Waals surface area contributed by atoms with Crippen LogP contribution >= 0.6 is 35.8 Å². The third kappa shape index (κ3) is 7.71. The van der Waals surface area contributed by atoms with Gasteiger partial charge in [-0.2, -0.15) is 0 Å². The Kier molecular flexibility index (Phi) is 11.3. The molecule has 3 aliphatic heterocycles. The highest BCUT2D eigenvalue weighted by atomic mass is 32.1. The lowest BCUT2D eigenvalue weighted by molar-refractivity contribution is -0.149. The Hall–Kier alpha value is -4.09. The van der Waals surface area contributed by atoms with E-state index in [0.29, 0.717) is 43.9 Å². The highest BCUT2D eigenvalue weighted by Crippen LogP contribution is 2.42. The Morgan fingerprint density at radius 3 is 2.73 bits per heavy atom. The Balaban J connectivity index is 1.39. The van der Waals surface area contributed by atoms with E-state index in [0.717, 1.165) is 51.1 Å². The number of fused-ring (bicyclic) bond motifs is 7. The van der Waals surface area contributed by atoms with Crippen molar-refractivity contribution in [2.45, 2.75) is 70.7 Å². The molecule has 2 N–H and O–H groups in total. The number of benzene rings is 1. The number of nitrogens with zero attached hydrogens (tertiary/aromatic N) is 5. The van der Waals surface area contributed by atoms with Crippen LogP contribution < -0.4 is 10.7 Å². The summed E-state index contributed by atoms with van der Waals surface area (Å²) < 4.78 is 14.1. The first-order valence-corrected chi connectivity index (χ1v) is 20.8. The monoisotopic (exact) mass is 814 g/mol. The van der Waals surface area contributed by atoms with Gasteiger partial charge in [-0.25, -0.2) is 9.78 Å². The summed E-state index contributed by atoms with van der Waals surface area (Å²) in [6.45, 7) is 8.61. The number of esters is 1. The van der Waals surface area contributed by atoms with Crippen molar-refractivity contribution in [1.29, 1.82) is 0 Å². The molecule has 3 amide bonds. The zero-order valence-electron chi connectivity index (χ0n) is 31.3. The molecule has 4 aromatic rings. The zero-order valence-corrected chi connectivity index (χ0v) is 34.8. The summed E-state index contributed by atoms with van der Waals surface area (Å²) in [5, 5.41) is 8.05. The molecule has 0 unspecified atom stereocenters. The molecule has 1 aromatic carbocycles. The molecular formula is C39H44N7O5S3Si. The van der Waals surface area contributed by atoms with Gasteiger partial charge in [-0.1, -0.05) is 44.3 Å². The van der Waals surface area contributed by atoms with Crippen LogP contribution in [-0.2, 0) is 38.4 Å². The number of aromatic nitrogens is 3. The van der Waals surface area contributed by atoms with Gasteiger partial charge in [0.25, 0.3) is 5.91 Å². The van der Waals surface area contributed by atoms with E-state index < -0.39 is 34.5 Å². The van der Waals surface area contributed by atoms with Crippen molar-refractivity contribution in [3.8, 4) is 22.5 Å². The van der Waals surface area contributed by atoms with E-state index in [-0.39, 0.29) is 30.6 Å². The van der Waals surface area contributed by atoms with Crippen LogP contribution in [0.15, 0.2) is 41.9 Å². The number of thiocarbonyl (C=S) groups is 2. The average molecular weight is 815 g/mol. The topological polar surface area (TPSA) is 131 Å². The summed E-state index contributed by atoms with van der Waals surface area (Å²) in [4.78, 5) is 53.1. The smallest absolute Gasteiger partial charge is 0.318 e. The van der Waals surface area contributed by atoms with Gasteiger partial charge in [-0.3, -0.25) is 25.0 Å². The van der Waals surface area contributed by atoms with Crippen molar-refractivity contribution in [1.82, 2.24) is 35.2 Å². The molecule has 6 bridgehead atoms. The number of carbonyl (C=O) groups is 3. The number of aryl methyl sites for hydroxylation is 1. The first-order valence-electron chi connectivity index (χ1n) is 18.5. The number of carbonyl (C=O) groups excluding carboxylic acids is 3. The molecule has 3 radical (unpaired) electrons. The van der Waals surface area contributed by atoms with Crippen molar-refractivity contribution in [3.05, 3.63) is 58.2 Å². The fourth-order valence-corrected chi connectivity index (χ4v) is 9.53. The normalized spacial score (nSPS) is 22.2. The molecule has 0 aliphatic carbocycles. The lowest BCUT2D eigenvalue weighted by Gasteiger charge is -2.38. The summed E-state index contributed by atoms with van der Waals surface area (Å²) in [6, 6.07) is 9.96. The molecule has 16 heteroatoms. The van der Waals surface area contributed by atoms with Gasteiger partial charge in [-0.15, -0.1) is 11.3 Å². The van der Waals surface area contributed by atoms with Gasteiger partial charge in [0, 0.05) is 84.1 Å². The molecule has 0 spiro atoms. The largest absolute Gasteiger partial charge is 0.465 e. The molecule has 287 valence electrons. The van der Waals surface area contributed by atoms with E-state index in [1.807, 2.05) is 11.4 Å². The minimum absolute atomic E-state index is 0.0751. The average Bonchev–Trinajstić information content (AvgIpc) is 3.65. The van der Waals surface area contributed by atoms with Crippen LogP contribution in [0.5, 0.6) is 0 Å².